The van der Waals surface area contributed by atoms with E-state index in [0.29, 0.717) is 38.8 Å². The molecule has 12 heteroatoms. The van der Waals surface area contributed by atoms with Crippen LogP contribution in [-0.4, -0.2) is 31.9 Å². The van der Waals surface area contributed by atoms with Gasteiger partial charge >= 0.3 is 6.18 Å². The molecular weight excluding hydrogens is 680 g/mol. The van der Waals surface area contributed by atoms with Gasteiger partial charge in [0.05, 0.1) is 25.5 Å². The molecule has 5 rings (SSSR count). The van der Waals surface area contributed by atoms with Crippen molar-refractivity contribution in [2.75, 3.05) is 24.9 Å². The number of benzene rings is 5. The molecule has 260 valence electrons. The summed E-state index contributed by atoms with van der Waals surface area (Å²) in [7, 11) is 2.98. The third-order valence-electron chi connectivity index (χ3n) is 7.46. The number of carbonyl (C=O) groups is 3. The molecule has 0 saturated heterocycles. The fraction of sp³-hybridized carbons (Fsp3) is 0.103. The SMILES string of the molecule is COc1ccc(OC)c(/C=C(\NC(=O)c2ccccc2)C(=O)Nc2ccc(SC(C(=O)Nc3ccccc3C(F)(F)F)c3ccccc3)cc2)c1. The summed E-state index contributed by atoms with van der Waals surface area (Å²) in [4.78, 5) is 40.8. The van der Waals surface area contributed by atoms with E-state index in [4.69, 9.17) is 9.47 Å². The standard InChI is InChI=1S/C39H32F3N3O5S/c1-49-29-19-22-34(50-2)27(23-29)24-33(45-36(46)26-13-7-4-8-14-26)37(47)43-28-17-20-30(21-18-28)51-35(25-11-5-3-6-12-25)38(48)44-32-16-10-9-15-31(32)39(40,41)42/h3-24,35H,1-2H3,(H,43,47)(H,44,48)(H,45,46)/b33-24-. The maximum Gasteiger partial charge on any atom is 0.418 e. The van der Waals surface area contributed by atoms with E-state index in [9.17, 15) is 27.6 Å². The molecule has 0 bridgehead atoms. The van der Waals surface area contributed by atoms with Gasteiger partial charge in [-0.3, -0.25) is 14.4 Å². The quantitative estimate of drug-likeness (QED) is 0.0885. The van der Waals surface area contributed by atoms with Crippen LogP contribution < -0.4 is 25.4 Å². The molecule has 51 heavy (non-hydrogen) atoms. The van der Waals surface area contributed by atoms with E-state index < -0.39 is 34.7 Å². The van der Waals surface area contributed by atoms with Crippen molar-refractivity contribution in [3.8, 4) is 11.5 Å². The number of hydrogen-bond acceptors (Lipinski definition) is 6. The molecule has 0 spiro atoms. The van der Waals surface area contributed by atoms with Gasteiger partial charge in [0.1, 0.15) is 22.4 Å². The zero-order valence-corrected chi connectivity index (χ0v) is 28.2. The zero-order valence-electron chi connectivity index (χ0n) is 27.4. The van der Waals surface area contributed by atoms with E-state index in [-0.39, 0.29) is 11.4 Å². The van der Waals surface area contributed by atoms with Gasteiger partial charge in [-0.05, 0) is 78.4 Å². The van der Waals surface area contributed by atoms with Crippen molar-refractivity contribution in [2.45, 2.75) is 16.3 Å². The molecule has 1 atom stereocenters. The first-order valence-corrected chi connectivity index (χ1v) is 16.3. The average molecular weight is 712 g/mol. The number of para-hydroxylation sites is 1. The third kappa shape index (κ3) is 9.58. The number of nitrogens with one attached hydrogen (secondary N) is 3. The predicted octanol–water partition coefficient (Wildman–Crippen LogP) is 8.60. The van der Waals surface area contributed by atoms with Crippen molar-refractivity contribution in [1.29, 1.82) is 0 Å². The molecule has 0 aromatic heterocycles. The number of halogens is 3. The Morgan fingerprint density at radius 2 is 1.39 bits per heavy atom. The van der Waals surface area contributed by atoms with E-state index in [2.05, 4.69) is 16.0 Å². The summed E-state index contributed by atoms with van der Waals surface area (Å²) in [6, 6.07) is 33.5. The average Bonchev–Trinajstić information content (AvgIpc) is 3.14. The molecule has 0 radical (unpaired) electrons. The number of ether oxygens (including phenoxy) is 2. The Kier molecular flexibility index (Phi) is 11.8. The van der Waals surface area contributed by atoms with E-state index in [0.717, 1.165) is 17.8 Å². The van der Waals surface area contributed by atoms with Gasteiger partial charge in [0, 0.05) is 21.7 Å². The van der Waals surface area contributed by atoms with Gasteiger partial charge < -0.3 is 25.4 Å². The predicted molar refractivity (Wildman–Crippen MR) is 192 cm³/mol. The van der Waals surface area contributed by atoms with Crippen molar-refractivity contribution >= 4 is 46.9 Å². The highest BCUT2D eigenvalue weighted by Gasteiger charge is 2.34. The van der Waals surface area contributed by atoms with Gasteiger partial charge in [-0.15, -0.1) is 11.8 Å². The lowest BCUT2D eigenvalue weighted by Crippen LogP contribution is -2.30. The van der Waals surface area contributed by atoms with Crippen molar-refractivity contribution in [2.24, 2.45) is 0 Å². The minimum Gasteiger partial charge on any atom is -0.497 e. The Labute approximate surface area is 296 Å². The number of hydrogen-bond donors (Lipinski definition) is 3. The van der Waals surface area contributed by atoms with Crippen molar-refractivity contribution < 1.29 is 37.0 Å². The lowest BCUT2D eigenvalue weighted by molar-refractivity contribution is -0.137. The number of alkyl halides is 3. The molecule has 0 aliphatic rings. The van der Waals surface area contributed by atoms with Gasteiger partial charge in [0.15, 0.2) is 0 Å². The monoisotopic (exact) mass is 711 g/mol. The van der Waals surface area contributed by atoms with Crippen molar-refractivity contribution in [3.63, 3.8) is 0 Å². The molecule has 3 N–H and O–H groups in total. The van der Waals surface area contributed by atoms with Crippen LogP contribution in [0, 0.1) is 0 Å². The van der Waals surface area contributed by atoms with E-state index in [1.54, 1.807) is 103 Å². The molecule has 0 aliphatic carbocycles. The number of thioether (sulfide) groups is 1. The van der Waals surface area contributed by atoms with Crippen molar-refractivity contribution in [1.82, 2.24) is 5.32 Å². The summed E-state index contributed by atoms with van der Waals surface area (Å²) < 4.78 is 51.7. The maximum absolute atomic E-state index is 13.6. The van der Waals surface area contributed by atoms with Crippen LogP contribution in [0.3, 0.4) is 0 Å². The second-order valence-corrected chi connectivity index (χ2v) is 12.1. The van der Waals surface area contributed by atoms with Crippen LogP contribution >= 0.6 is 11.8 Å². The first-order chi connectivity index (χ1) is 24.5. The van der Waals surface area contributed by atoms with Gasteiger partial charge in [0.25, 0.3) is 11.8 Å². The molecule has 3 amide bonds. The van der Waals surface area contributed by atoms with Crippen molar-refractivity contribution in [3.05, 3.63) is 155 Å². The van der Waals surface area contributed by atoms with Gasteiger partial charge in [-0.25, -0.2) is 0 Å². The maximum atomic E-state index is 13.6. The molecule has 5 aromatic carbocycles. The summed E-state index contributed by atoms with van der Waals surface area (Å²) in [6.45, 7) is 0. The molecule has 0 fully saturated rings. The molecule has 0 aliphatic heterocycles. The molecule has 5 aromatic rings. The molecule has 8 nitrogen and oxygen atoms in total. The topological polar surface area (TPSA) is 106 Å². The summed E-state index contributed by atoms with van der Waals surface area (Å²) >= 11 is 1.13. The third-order valence-corrected chi connectivity index (χ3v) is 8.73. The highest BCUT2D eigenvalue weighted by molar-refractivity contribution is 8.00. The smallest absolute Gasteiger partial charge is 0.418 e. The highest BCUT2D eigenvalue weighted by Crippen LogP contribution is 2.39. The largest absolute Gasteiger partial charge is 0.497 e. The first-order valence-electron chi connectivity index (χ1n) is 15.5. The Hall–Kier alpha value is -6.01. The minimum atomic E-state index is -4.65. The van der Waals surface area contributed by atoms with Crippen LogP contribution in [0.5, 0.6) is 11.5 Å². The lowest BCUT2D eigenvalue weighted by Gasteiger charge is -2.19. The summed E-state index contributed by atoms with van der Waals surface area (Å²) in [6.07, 6.45) is -3.18. The normalized spacial score (nSPS) is 12.0. The Morgan fingerprint density at radius 3 is 2.04 bits per heavy atom. The van der Waals surface area contributed by atoms with Crippen LogP contribution in [0.2, 0.25) is 0 Å². The van der Waals surface area contributed by atoms with E-state index >= 15 is 0 Å². The van der Waals surface area contributed by atoms with Crippen LogP contribution in [0.25, 0.3) is 6.08 Å². The second kappa shape index (κ2) is 16.6. The van der Waals surface area contributed by atoms with Crippen LogP contribution in [0.1, 0.15) is 32.3 Å². The van der Waals surface area contributed by atoms with Gasteiger partial charge in [-0.1, -0.05) is 60.7 Å². The Balaban J connectivity index is 1.38. The minimum absolute atomic E-state index is 0.0752. The second-order valence-electron chi connectivity index (χ2n) is 10.9. The summed E-state index contributed by atoms with van der Waals surface area (Å²) in [5.74, 6) is -0.827. The molecule has 1 unspecified atom stereocenters. The Morgan fingerprint density at radius 1 is 0.745 bits per heavy atom. The number of anilines is 2. The first kappa shape index (κ1) is 36.3. The zero-order chi connectivity index (χ0) is 36.4. The molecule has 0 heterocycles. The van der Waals surface area contributed by atoms with Crippen LogP contribution in [0.4, 0.5) is 24.5 Å². The number of rotatable bonds is 12. The van der Waals surface area contributed by atoms with E-state index in [1.807, 2.05) is 0 Å². The molecular formula is C39H32F3N3O5S. The van der Waals surface area contributed by atoms with Gasteiger partial charge in [0.2, 0.25) is 5.91 Å². The number of amides is 3. The highest BCUT2D eigenvalue weighted by atomic mass is 32.2. The van der Waals surface area contributed by atoms with Crippen LogP contribution in [-0.2, 0) is 15.8 Å². The fourth-order valence-corrected chi connectivity index (χ4v) is 5.96. The fourth-order valence-electron chi connectivity index (χ4n) is 4.94. The molecule has 0 saturated carbocycles. The summed E-state index contributed by atoms with van der Waals surface area (Å²) in [5, 5.41) is 7.02. The van der Waals surface area contributed by atoms with Crippen LogP contribution in [0.15, 0.2) is 138 Å². The number of methoxy groups -OCH3 is 2. The van der Waals surface area contributed by atoms with E-state index in [1.165, 1.54) is 38.5 Å². The summed E-state index contributed by atoms with van der Waals surface area (Å²) in [5.41, 5.74) is 0.409. The lowest BCUT2D eigenvalue weighted by atomic mass is 10.1. The number of carbonyl (C=O) groups excluding carboxylic acids is 3. The Bertz CT molecular complexity index is 2020. The van der Waals surface area contributed by atoms with Gasteiger partial charge in [-0.2, -0.15) is 13.2 Å².